The molecule has 0 bridgehead atoms. The number of anilines is 1. The number of aliphatic imine (C=N–C) groups is 1. The number of ether oxygens (including phenoxy) is 1. The van der Waals surface area contributed by atoms with Gasteiger partial charge < -0.3 is 15.8 Å². The van der Waals surface area contributed by atoms with Gasteiger partial charge in [0.2, 0.25) is 0 Å². The van der Waals surface area contributed by atoms with Crippen LogP contribution in [0.25, 0.3) is 0 Å². The molecule has 2 aromatic carbocycles. The maximum Gasteiger partial charge on any atom is 0.193 e. The zero-order valence-electron chi connectivity index (χ0n) is 14.3. The quantitative estimate of drug-likeness (QED) is 0.425. The first-order chi connectivity index (χ1) is 11.8. The molecular weight excluding hydrogens is 425 g/mol. The summed E-state index contributed by atoms with van der Waals surface area (Å²) in [5, 5.41) is 3.21. The lowest BCUT2D eigenvalue weighted by Gasteiger charge is -2.08. The molecule has 0 saturated heterocycles. The van der Waals surface area contributed by atoms with Crippen molar-refractivity contribution < 1.29 is 4.74 Å². The molecule has 0 spiro atoms. The van der Waals surface area contributed by atoms with Gasteiger partial charge in [0.05, 0.1) is 6.61 Å². The Labute approximate surface area is 165 Å². The monoisotopic (exact) mass is 449 g/mol. The van der Waals surface area contributed by atoms with Crippen molar-refractivity contribution in [1.82, 2.24) is 0 Å². The SMILES string of the molecule is I.NC(=NCCc1ccc2c(c1)CCO2)Nc1ccc2c(c1)CCC2. The molecule has 4 nitrogen and oxygen atoms in total. The molecule has 2 aromatic rings. The molecule has 1 aliphatic heterocycles. The summed E-state index contributed by atoms with van der Waals surface area (Å²) in [5.74, 6) is 1.51. The van der Waals surface area contributed by atoms with Gasteiger partial charge in [-0.05, 0) is 66.1 Å². The third-order valence-electron chi connectivity index (χ3n) is 4.81. The van der Waals surface area contributed by atoms with Crippen molar-refractivity contribution in [2.24, 2.45) is 10.7 Å². The molecule has 5 heteroatoms. The highest BCUT2D eigenvalue weighted by Gasteiger charge is 2.12. The van der Waals surface area contributed by atoms with Crippen LogP contribution in [0.15, 0.2) is 41.4 Å². The van der Waals surface area contributed by atoms with Gasteiger partial charge in [-0.15, -0.1) is 24.0 Å². The van der Waals surface area contributed by atoms with Crippen molar-refractivity contribution in [2.45, 2.75) is 32.1 Å². The molecule has 0 fully saturated rings. The summed E-state index contributed by atoms with van der Waals surface area (Å²) in [7, 11) is 0. The number of hydrogen-bond donors (Lipinski definition) is 2. The van der Waals surface area contributed by atoms with Crippen LogP contribution in [0.1, 0.15) is 28.7 Å². The molecule has 2 aliphatic rings. The first-order valence-electron chi connectivity index (χ1n) is 8.71. The van der Waals surface area contributed by atoms with E-state index in [-0.39, 0.29) is 24.0 Å². The standard InChI is InChI=1S/C20H23N3O.HI/c21-20(23-18-6-5-15-2-1-3-16(15)13-18)22-10-8-14-4-7-19-17(12-14)9-11-24-19;/h4-7,12-13H,1-3,8-11H2,(H3,21,22,23);1H. The largest absolute Gasteiger partial charge is 0.493 e. The van der Waals surface area contributed by atoms with E-state index in [2.05, 4.69) is 46.7 Å². The summed E-state index contributed by atoms with van der Waals surface area (Å²) in [5.41, 5.74) is 12.6. The molecule has 0 amide bonds. The van der Waals surface area contributed by atoms with Gasteiger partial charge in [-0.2, -0.15) is 0 Å². The van der Waals surface area contributed by atoms with Crippen LogP contribution in [0.3, 0.4) is 0 Å². The molecule has 1 aliphatic carbocycles. The number of aryl methyl sites for hydroxylation is 2. The van der Waals surface area contributed by atoms with Gasteiger partial charge in [0.1, 0.15) is 5.75 Å². The Morgan fingerprint density at radius 2 is 1.92 bits per heavy atom. The number of rotatable bonds is 4. The van der Waals surface area contributed by atoms with Crippen LogP contribution in [-0.2, 0) is 25.7 Å². The molecule has 3 N–H and O–H groups in total. The maximum absolute atomic E-state index is 6.02. The first-order valence-corrected chi connectivity index (χ1v) is 8.71. The number of hydrogen-bond acceptors (Lipinski definition) is 2. The summed E-state index contributed by atoms with van der Waals surface area (Å²) in [4.78, 5) is 4.45. The lowest BCUT2D eigenvalue weighted by molar-refractivity contribution is 0.357. The highest BCUT2D eigenvalue weighted by atomic mass is 127. The van der Waals surface area contributed by atoms with Crippen molar-refractivity contribution in [3.8, 4) is 5.75 Å². The Morgan fingerprint density at radius 1 is 1.04 bits per heavy atom. The van der Waals surface area contributed by atoms with E-state index in [1.807, 2.05) is 0 Å². The summed E-state index contributed by atoms with van der Waals surface area (Å²) in [6, 6.07) is 12.9. The fourth-order valence-corrected chi connectivity index (χ4v) is 3.54. The van der Waals surface area contributed by atoms with Gasteiger partial charge in [-0.3, -0.25) is 4.99 Å². The molecule has 4 rings (SSSR count). The van der Waals surface area contributed by atoms with E-state index in [1.54, 1.807) is 0 Å². The van der Waals surface area contributed by atoms with Crippen LogP contribution < -0.4 is 15.8 Å². The second kappa shape index (κ2) is 8.08. The van der Waals surface area contributed by atoms with Crippen LogP contribution in [-0.4, -0.2) is 19.1 Å². The number of halogens is 1. The average Bonchev–Trinajstić information content (AvgIpc) is 3.22. The van der Waals surface area contributed by atoms with Gasteiger partial charge in [-0.25, -0.2) is 0 Å². The molecule has 25 heavy (non-hydrogen) atoms. The second-order valence-electron chi connectivity index (χ2n) is 6.52. The third-order valence-corrected chi connectivity index (χ3v) is 4.81. The van der Waals surface area contributed by atoms with E-state index >= 15 is 0 Å². The average molecular weight is 449 g/mol. The highest BCUT2D eigenvalue weighted by molar-refractivity contribution is 14.0. The molecule has 0 unspecified atom stereocenters. The molecule has 1 heterocycles. The molecule has 0 radical (unpaired) electrons. The van der Waals surface area contributed by atoms with Gasteiger partial charge in [0, 0.05) is 18.7 Å². The molecule has 0 saturated carbocycles. The molecule has 0 atom stereocenters. The lowest BCUT2D eigenvalue weighted by atomic mass is 10.1. The van der Waals surface area contributed by atoms with E-state index in [0.717, 1.165) is 30.9 Å². The third kappa shape index (κ3) is 4.26. The topological polar surface area (TPSA) is 59.6 Å². The maximum atomic E-state index is 6.02. The highest BCUT2D eigenvalue weighted by Crippen LogP contribution is 2.26. The summed E-state index contributed by atoms with van der Waals surface area (Å²) >= 11 is 0. The van der Waals surface area contributed by atoms with Crippen LogP contribution in [0.5, 0.6) is 5.75 Å². The Balaban J connectivity index is 0.00000182. The minimum Gasteiger partial charge on any atom is -0.493 e. The summed E-state index contributed by atoms with van der Waals surface area (Å²) < 4.78 is 5.54. The normalized spacial score (nSPS) is 15.1. The van der Waals surface area contributed by atoms with E-state index in [4.69, 9.17) is 10.5 Å². The van der Waals surface area contributed by atoms with E-state index in [1.165, 1.54) is 41.5 Å². The summed E-state index contributed by atoms with van der Waals surface area (Å²) in [6.45, 7) is 1.48. The van der Waals surface area contributed by atoms with E-state index in [9.17, 15) is 0 Å². The summed E-state index contributed by atoms with van der Waals surface area (Å²) in [6.07, 6.45) is 5.53. The van der Waals surface area contributed by atoms with Gasteiger partial charge in [0.15, 0.2) is 5.96 Å². The fraction of sp³-hybridized carbons (Fsp3) is 0.350. The zero-order chi connectivity index (χ0) is 16.4. The first kappa shape index (κ1) is 18.0. The van der Waals surface area contributed by atoms with Gasteiger partial charge in [0.25, 0.3) is 0 Å². The number of nitrogens with two attached hydrogens (primary N) is 1. The molecule has 0 aromatic heterocycles. The Bertz CT molecular complexity index is 789. The lowest BCUT2D eigenvalue weighted by Crippen LogP contribution is -2.23. The van der Waals surface area contributed by atoms with Gasteiger partial charge in [-0.1, -0.05) is 18.2 Å². The molecular formula is C20H24IN3O. The predicted octanol–water partition coefficient (Wildman–Crippen LogP) is 3.70. The van der Waals surface area contributed by atoms with Crippen LogP contribution >= 0.6 is 24.0 Å². The Hall–Kier alpha value is -1.76. The number of fused-ring (bicyclic) bond motifs is 2. The van der Waals surface area contributed by atoms with Crippen molar-refractivity contribution in [3.63, 3.8) is 0 Å². The van der Waals surface area contributed by atoms with Crippen LogP contribution in [0.4, 0.5) is 5.69 Å². The van der Waals surface area contributed by atoms with Crippen molar-refractivity contribution in [1.29, 1.82) is 0 Å². The Kier molecular flexibility index (Phi) is 5.83. The second-order valence-corrected chi connectivity index (χ2v) is 6.52. The predicted molar refractivity (Wildman–Crippen MR) is 113 cm³/mol. The zero-order valence-corrected chi connectivity index (χ0v) is 16.6. The molecule has 132 valence electrons. The van der Waals surface area contributed by atoms with Crippen LogP contribution in [0.2, 0.25) is 0 Å². The van der Waals surface area contributed by atoms with E-state index < -0.39 is 0 Å². The number of nitrogens with one attached hydrogen (secondary N) is 1. The van der Waals surface area contributed by atoms with E-state index in [0.29, 0.717) is 12.5 Å². The Morgan fingerprint density at radius 3 is 2.84 bits per heavy atom. The number of nitrogens with zero attached hydrogens (tertiary/aromatic N) is 1. The van der Waals surface area contributed by atoms with Crippen molar-refractivity contribution >= 4 is 35.6 Å². The number of benzene rings is 2. The van der Waals surface area contributed by atoms with Crippen molar-refractivity contribution in [2.75, 3.05) is 18.5 Å². The minimum absolute atomic E-state index is 0. The smallest absolute Gasteiger partial charge is 0.193 e. The fourth-order valence-electron chi connectivity index (χ4n) is 3.54. The van der Waals surface area contributed by atoms with Crippen LogP contribution in [0, 0.1) is 0 Å². The minimum atomic E-state index is 0. The van der Waals surface area contributed by atoms with Gasteiger partial charge >= 0.3 is 0 Å². The number of guanidine groups is 1. The van der Waals surface area contributed by atoms with Crippen molar-refractivity contribution in [3.05, 3.63) is 58.7 Å².